The third kappa shape index (κ3) is 2.26. The Labute approximate surface area is 107 Å². The first kappa shape index (κ1) is 13.0. The highest BCUT2D eigenvalue weighted by atomic mass is 19.1. The van der Waals surface area contributed by atoms with Gasteiger partial charge >= 0.3 is 5.97 Å². The zero-order valence-electron chi connectivity index (χ0n) is 10.2. The molecule has 1 heterocycles. The van der Waals surface area contributed by atoms with Crippen LogP contribution in [-0.2, 0) is 0 Å². The van der Waals surface area contributed by atoms with E-state index in [1.54, 1.807) is 14.1 Å². The van der Waals surface area contributed by atoms with Crippen LogP contribution in [0.2, 0.25) is 0 Å². The number of carboxylic acid groups (broad SMARTS) is 1. The number of benzene rings is 1. The highest BCUT2D eigenvalue weighted by molar-refractivity contribution is 5.88. The first-order chi connectivity index (χ1) is 8.91. The number of carbonyl (C=O) groups is 1. The molecule has 19 heavy (non-hydrogen) atoms. The van der Waals surface area contributed by atoms with Crippen molar-refractivity contribution in [2.75, 3.05) is 19.0 Å². The van der Waals surface area contributed by atoms with Gasteiger partial charge in [0.1, 0.15) is 17.3 Å². The Morgan fingerprint density at radius 3 is 2.47 bits per heavy atom. The second kappa shape index (κ2) is 4.68. The van der Waals surface area contributed by atoms with Crippen molar-refractivity contribution in [3.8, 4) is 11.3 Å². The quantitative estimate of drug-likeness (QED) is 0.893. The zero-order valence-corrected chi connectivity index (χ0v) is 10.2. The SMILES string of the molecule is CN(C)c1c(F)ccc(F)c1-c1cc(C(=O)O)[nH]n1. The van der Waals surface area contributed by atoms with E-state index >= 15 is 0 Å². The average molecular weight is 267 g/mol. The van der Waals surface area contributed by atoms with E-state index in [0.717, 1.165) is 18.2 Å². The highest BCUT2D eigenvalue weighted by Crippen LogP contribution is 2.33. The van der Waals surface area contributed by atoms with E-state index < -0.39 is 17.6 Å². The summed E-state index contributed by atoms with van der Waals surface area (Å²) in [6.45, 7) is 0. The largest absolute Gasteiger partial charge is 0.477 e. The lowest BCUT2D eigenvalue weighted by molar-refractivity contribution is 0.0690. The number of aromatic nitrogens is 2. The Morgan fingerprint density at radius 2 is 1.95 bits per heavy atom. The summed E-state index contributed by atoms with van der Waals surface area (Å²) >= 11 is 0. The van der Waals surface area contributed by atoms with Gasteiger partial charge in [-0.3, -0.25) is 5.10 Å². The summed E-state index contributed by atoms with van der Waals surface area (Å²) in [6, 6.07) is 3.15. The molecule has 5 nitrogen and oxygen atoms in total. The molecule has 1 aromatic heterocycles. The zero-order chi connectivity index (χ0) is 14.2. The van der Waals surface area contributed by atoms with Gasteiger partial charge in [-0.25, -0.2) is 13.6 Å². The van der Waals surface area contributed by atoms with Crippen molar-refractivity contribution in [2.45, 2.75) is 0 Å². The minimum Gasteiger partial charge on any atom is -0.477 e. The van der Waals surface area contributed by atoms with Crippen LogP contribution in [-0.4, -0.2) is 35.4 Å². The summed E-state index contributed by atoms with van der Waals surface area (Å²) < 4.78 is 27.7. The molecule has 0 aliphatic heterocycles. The van der Waals surface area contributed by atoms with Crippen LogP contribution in [0.4, 0.5) is 14.5 Å². The van der Waals surface area contributed by atoms with Crippen molar-refractivity contribution in [3.05, 3.63) is 35.5 Å². The van der Waals surface area contributed by atoms with Gasteiger partial charge in [0, 0.05) is 14.1 Å². The first-order valence-corrected chi connectivity index (χ1v) is 5.36. The Hall–Kier alpha value is -2.44. The van der Waals surface area contributed by atoms with E-state index in [9.17, 15) is 13.6 Å². The van der Waals surface area contributed by atoms with E-state index in [1.807, 2.05) is 0 Å². The molecule has 0 saturated carbocycles. The van der Waals surface area contributed by atoms with Crippen LogP contribution in [0.3, 0.4) is 0 Å². The number of aromatic amines is 1. The van der Waals surface area contributed by atoms with Gasteiger partial charge in [0.15, 0.2) is 0 Å². The van der Waals surface area contributed by atoms with E-state index in [0.29, 0.717) is 0 Å². The van der Waals surface area contributed by atoms with Crippen molar-refractivity contribution in [2.24, 2.45) is 0 Å². The minimum absolute atomic E-state index is 0.0171. The lowest BCUT2D eigenvalue weighted by Crippen LogP contribution is -2.13. The number of nitrogens with one attached hydrogen (secondary N) is 1. The fourth-order valence-electron chi connectivity index (χ4n) is 1.78. The molecule has 2 aromatic rings. The van der Waals surface area contributed by atoms with E-state index in [2.05, 4.69) is 10.2 Å². The predicted molar refractivity (Wildman–Crippen MR) is 65.2 cm³/mol. The van der Waals surface area contributed by atoms with Gasteiger partial charge in [-0.1, -0.05) is 0 Å². The smallest absolute Gasteiger partial charge is 0.353 e. The van der Waals surface area contributed by atoms with Crippen molar-refractivity contribution in [3.63, 3.8) is 0 Å². The molecule has 0 atom stereocenters. The molecule has 1 aromatic carbocycles. The van der Waals surface area contributed by atoms with Crippen LogP contribution in [0.25, 0.3) is 11.3 Å². The van der Waals surface area contributed by atoms with Gasteiger partial charge in [-0.05, 0) is 18.2 Å². The number of anilines is 1. The summed E-state index contributed by atoms with van der Waals surface area (Å²) in [5.41, 5.74) is -0.210. The lowest BCUT2D eigenvalue weighted by Gasteiger charge is -2.17. The van der Waals surface area contributed by atoms with E-state index in [-0.39, 0.29) is 22.6 Å². The molecular weight excluding hydrogens is 256 g/mol. The number of hydrogen-bond donors (Lipinski definition) is 2. The van der Waals surface area contributed by atoms with Crippen molar-refractivity contribution < 1.29 is 18.7 Å². The lowest BCUT2D eigenvalue weighted by atomic mass is 10.1. The molecule has 0 bridgehead atoms. The number of H-pyrrole nitrogens is 1. The third-order valence-corrected chi connectivity index (χ3v) is 2.59. The molecule has 0 amide bonds. The molecule has 0 unspecified atom stereocenters. The number of nitrogens with zero attached hydrogens (tertiary/aromatic N) is 2. The minimum atomic E-state index is -1.22. The number of rotatable bonds is 3. The van der Waals surface area contributed by atoms with E-state index in [4.69, 9.17) is 5.11 Å². The summed E-state index contributed by atoms with van der Waals surface area (Å²) in [5.74, 6) is -2.50. The normalized spacial score (nSPS) is 10.5. The third-order valence-electron chi connectivity index (χ3n) is 2.59. The second-order valence-electron chi connectivity index (χ2n) is 4.12. The molecule has 0 radical (unpaired) electrons. The Balaban J connectivity index is 2.66. The van der Waals surface area contributed by atoms with Gasteiger partial charge in [0.05, 0.1) is 16.9 Å². The molecule has 0 saturated heterocycles. The van der Waals surface area contributed by atoms with Gasteiger partial charge in [0.2, 0.25) is 0 Å². The summed E-state index contributed by atoms with van der Waals surface area (Å²) in [6.07, 6.45) is 0. The number of aromatic carboxylic acids is 1. The molecule has 2 N–H and O–H groups in total. The van der Waals surface area contributed by atoms with Crippen LogP contribution >= 0.6 is 0 Å². The number of halogens is 2. The molecule has 0 spiro atoms. The molecule has 0 aliphatic rings. The summed E-state index contributed by atoms with van der Waals surface area (Å²) in [7, 11) is 3.12. The van der Waals surface area contributed by atoms with Crippen LogP contribution in [0.15, 0.2) is 18.2 Å². The maximum atomic E-state index is 13.9. The predicted octanol–water partition coefficient (Wildman–Crippen LogP) is 2.12. The Morgan fingerprint density at radius 1 is 1.32 bits per heavy atom. The Bertz CT molecular complexity index is 638. The number of hydrogen-bond acceptors (Lipinski definition) is 3. The van der Waals surface area contributed by atoms with Crippen molar-refractivity contribution in [1.82, 2.24) is 10.2 Å². The van der Waals surface area contributed by atoms with Gasteiger partial charge in [-0.15, -0.1) is 0 Å². The van der Waals surface area contributed by atoms with Gasteiger partial charge < -0.3 is 10.0 Å². The standard InChI is InChI=1S/C12H11F2N3O2/c1-17(2)11-7(14)4-3-6(13)10(11)8-5-9(12(18)19)16-15-8/h3-5H,1-2H3,(H,15,16)(H,18,19). The fourth-order valence-corrected chi connectivity index (χ4v) is 1.78. The van der Waals surface area contributed by atoms with Gasteiger partial charge in [-0.2, -0.15) is 5.10 Å². The van der Waals surface area contributed by atoms with Crippen molar-refractivity contribution >= 4 is 11.7 Å². The van der Waals surface area contributed by atoms with Crippen LogP contribution in [0.5, 0.6) is 0 Å². The fraction of sp³-hybridized carbons (Fsp3) is 0.167. The first-order valence-electron chi connectivity index (χ1n) is 5.36. The highest BCUT2D eigenvalue weighted by Gasteiger charge is 2.20. The summed E-state index contributed by atoms with van der Waals surface area (Å²) in [4.78, 5) is 12.2. The Kier molecular flexibility index (Phi) is 3.20. The number of carboxylic acids is 1. The average Bonchev–Trinajstić information content (AvgIpc) is 2.80. The van der Waals surface area contributed by atoms with Crippen molar-refractivity contribution in [1.29, 1.82) is 0 Å². The monoisotopic (exact) mass is 267 g/mol. The molecule has 2 rings (SSSR count). The second-order valence-corrected chi connectivity index (χ2v) is 4.12. The molecular formula is C12H11F2N3O2. The van der Waals surface area contributed by atoms with Crippen LogP contribution < -0.4 is 4.90 Å². The van der Waals surface area contributed by atoms with Gasteiger partial charge in [0.25, 0.3) is 0 Å². The van der Waals surface area contributed by atoms with Crippen LogP contribution in [0.1, 0.15) is 10.5 Å². The molecule has 0 aliphatic carbocycles. The maximum Gasteiger partial charge on any atom is 0.353 e. The molecule has 0 fully saturated rings. The van der Waals surface area contributed by atoms with E-state index in [1.165, 1.54) is 4.90 Å². The topological polar surface area (TPSA) is 69.2 Å². The maximum absolute atomic E-state index is 13.9. The van der Waals surface area contributed by atoms with Crippen LogP contribution in [0, 0.1) is 11.6 Å². The molecule has 7 heteroatoms. The summed E-state index contributed by atoms with van der Waals surface area (Å²) in [5, 5.41) is 14.8. The molecule has 100 valence electrons.